The second-order valence-corrected chi connectivity index (χ2v) is 7.55. The highest BCUT2D eigenvalue weighted by molar-refractivity contribution is 5.93. The second-order valence-electron chi connectivity index (χ2n) is 7.55. The van der Waals surface area contributed by atoms with E-state index in [-0.39, 0.29) is 0 Å². The standard InChI is InChI=1S/C20H29N5O2/c1-26-17-11-15-16(12-18(17)27-2)23-20(25-9-3-4-10-25)24-19(15)22-14-7-5-13(21)6-8-14/h11-14H,3-10,21H2,1-2H3,(H,22,23,24). The smallest absolute Gasteiger partial charge is 0.227 e. The van der Waals surface area contributed by atoms with Crippen molar-refractivity contribution >= 4 is 22.7 Å². The Balaban J connectivity index is 1.75. The van der Waals surface area contributed by atoms with Gasteiger partial charge in [-0.05, 0) is 44.6 Å². The van der Waals surface area contributed by atoms with Crippen molar-refractivity contribution in [3.63, 3.8) is 0 Å². The summed E-state index contributed by atoms with van der Waals surface area (Å²) in [6, 6.07) is 4.63. The van der Waals surface area contributed by atoms with Gasteiger partial charge in [0.25, 0.3) is 0 Å². The topological polar surface area (TPSA) is 85.5 Å². The van der Waals surface area contributed by atoms with Crippen LogP contribution in [-0.4, -0.2) is 49.4 Å². The first kappa shape index (κ1) is 18.1. The summed E-state index contributed by atoms with van der Waals surface area (Å²) in [6.45, 7) is 2.02. The predicted octanol–water partition coefficient (Wildman–Crippen LogP) is 2.93. The number of anilines is 2. The third-order valence-electron chi connectivity index (χ3n) is 5.69. The molecule has 3 N–H and O–H groups in total. The van der Waals surface area contributed by atoms with Crippen LogP contribution in [0.25, 0.3) is 10.9 Å². The first-order valence-corrected chi connectivity index (χ1v) is 9.88. The van der Waals surface area contributed by atoms with E-state index in [2.05, 4.69) is 10.2 Å². The Morgan fingerprint density at radius 2 is 1.67 bits per heavy atom. The first-order valence-electron chi connectivity index (χ1n) is 9.88. The summed E-state index contributed by atoms with van der Waals surface area (Å²) >= 11 is 0. The summed E-state index contributed by atoms with van der Waals surface area (Å²) in [5.74, 6) is 3.05. The summed E-state index contributed by atoms with van der Waals surface area (Å²) in [5.41, 5.74) is 6.94. The number of aromatic nitrogens is 2. The molecule has 27 heavy (non-hydrogen) atoms. The van der Waals surface area contributed by atoms with Gasteiger partial charge in [-0.2, -0.15) is 4.98 Å². The lowest BCUT2D eigenvalue weighted by Crippen LogP contribution is -2.33. The molecule has 0 unspecified atom stereocenters. The quantitative estimate of drug-likeness (QED) is 0.836. The second kappa shape index (κ2) is 7.76. The number of hydrogen-bond acceptors (Lipinski definition) is 7. The number of rotatable bonds is 5. The van der Waals surface area contributed by atoms with E-state index in [1.54, 1.807) is 14.2 Å². The molecular weight excluding hydrogens is 342 g/mol. The van der Waals surface area contributed by atoms with Crippen molar-refractivity contribution in [3.05, 3.63) is 12.1 Å². The maximum Gasteiger partial charge on any atom is 0.227 e. The highest BCUT2D eigenvalue weighted by Crippen LogP contribution is 2.36. The Morgan fingerprint density at radius 3 is 2.33 bits per heavy atom. The summed E-state index contributed by atoms with van der Waals surface area (Å²) in [4.78, 5) is 12.0. The number of hydrogen-bond donors (Lipinski definition) is 2. The highest BCUT2D eigenvalue weighted by Gasteiger charge is 2.23. The zero-order valence-electron chi connectivity index (χ0n) is 16.2. The van der Waals surface area contributed by atoms with Gasteiger partial charge in [0.05, 0.1) is 19.7 Å². The average molecular weight is 371 g/mol. The molecule has 1 aromatic heterocycles. The molecule has 1 saturated heterocycles. The van der Waals surface area contributed by atoms with Gasteiger partial charge in [0.2, 0.25) is 5.95 Å². The zero-order valence-corrected chi connectivity index (χ0v) is 16.2. The Bertz CT molecular complexity index is 799. The zero-order chi connectivity index (χ0) is 18.8. The van der Waals surface area contributed by atoms with Gasteiger partial charge >= 0.3 is 0 Å². The van der Waals surface area contributed by atoms with Gasteiger partial charge in [-0.15, -0.1) is 0 Å². The first-order chi connectivity index (χ1) is 13.2. The highest BCUT2D eigenvalue weighted by atomic mass is 16.5. The molecule has 0 amide bonds. The van der Waals surface area contributed by atoms with Crippen LogP contribution < -0.4 is 25.4 Å². The molecule has 0 spiro atoms. The minimum absolute atomic E-state index is 0.328. The van der Waals surface area contributed by atoms with Gasteiger partial charge < -0.3 is 25.4 Å². The number of methoxy groups -OCH3 is 2. The number of fused-ring (bicyclic) bond motifs is 1. The lowest BCUT2D eigenvalue weighted by molar-refractivity contribution is 0.356. The van der Waals surface area contributed by atoms with Crippen molar-refractivity contribution in [2.24, 2.45) is 5.73 Å². The molecule has 1 aliphatic heterocycles. The molecule has 2 heterocycles. The van der Waals surface area contributed by atoms with Crippen LogP contribution >= 0.6 is 0 Å². The number of benzene rings is 1. The van der Waals surface area contributed by atoms with Crippen LogP contribution in [-0.2, 0) is 0 Å². The predicted molar refractivity (Wildman–Crippen MR) is 108 cm³/mol. The third-order valence-corrected chi connectivity index (χ3v) is 5.69. The molecule has 0 atom stereocenters. The molecule has 2 aromatic rings. The molecule has 0 radical (unpaired) electrons. The molecule has 146 valence electrons. The lowest BCUT2D eigenvalue weighted by Gasteiger charge is -2.28. The van der Waals surface area contributed by atoms with Crippen molar-refractivity contribution in [2.75, 3.05) is 37.5 Å². The van der Waals surface area contributed by atoms with Gasteiger partial charge in [0, 0.05) is 36.6 Å². The van der Waals surface area contributed by atoms with Crippen molar-refractivity contribution in [1.29, 1.82) is 0 Å². The Labute approximate surface area is 160 Å². The number of nitrogens with one attached hydrogen (secondary N) is 1. The van der Waals surface area contributed by atoms with Crippen LogP contribution in [0.3, 0.4) is 0 Å². The van der Waals surface area contributed by atoms with E-state index < -0.39 is 0 Å². The molecule has 2 aliphatic rings. The van der Waals surface area contributed by atoms with Crippen LogP contribution in [0.1, 0.15) is 38.5 Å². The fourth-order valence-electron chi connectivity index (χ4n) is 4.07. The van der Waals surface area contributed by atoms with Gasteiger partial charge in [0.15, 0.2) is 11.5 Å². The molecule has 4 rings (SSSR count). The Kier molecular flexibility index (Phi) is 5.20. The number of ether oxygens (including phenoxy) is 2. The summed E-state index contributed by atoms with van der Waals surface area (Å²) in [7, 11) is 3.30. The van der Waals surface area contributed by atoms with Crippen LogP contribution in [0.15, 0.2) is 12.1 Å². The molecular formula is C20H29N5O2. The summed E-state index contributed by atoms with van der Waals surface area (Å²) in [5, 5.41) is 4.63. The Hall–Kier alpha value is -2.28. The van der Waals surface area contributed by atoms with Gasteiger partial charge in [0.1, 0.15) is 5.82 Å². The van der Waals surface area contributed by atoms with E-state index in [1.807, 2.05) is 12.1 Å². The SMILES string of the molecule is COc1cc2nc(N3CCCC3)nc(NC3CCC(N)CC3)c2cc1OC. The Morgan fingerprint density at radius 1 is 1.00 bits per heavy atom. The molecule has 1 saturated carbocycles. The molecule has 7 nitrogen and oxygen atoms in total. The molecule has 0 bridgehead atoms. The van der Waals surface area contributed by atoms with Crippen LogP contribution in [0.4, 0.5) is 11.8 Å². The summed E-state index contributed by atoms with van der Waals surface area (Å²) in [6.07, 6.45) is 6.62. The fourth-order valence-corrected chi connectivity index (χ4v) is 4.07. The minimum Gasteiger partial charge on any atom is -0.493 e. The maximum absolute atomic E-state index is 6.07. The van der Waals surface area contributed by atoms with Gasteiger partial charge in [-0.1, -0.05) is 0 Å². The van der Waals surface area contributed by atoms with Crippen molar-refractivity contribution in [3.8, 4) is 11.5 Å². The van der Waals surface area contributed by atoms with E-state index in [4.69, 9.17) is 25.2 Å². The minimum atomic E-state index is 0.328. The van der Waals surface area contributed by atoms with Crippen molar-refractivity contribution < 1.29 is 9.47 Å². The molecule has 7 heteroatoms. The maximum atomic E-state index is 6.07. The van der Waals surface area contributed by atoms with E-state index in [0.717, 1.165) is 61.4 Å². The van der Waals surface area contributed by atoms with Crippen LogP contribution in [0.2, 0.25) is 0 Å². The largest absolute Gasteiger partial charge is 0.493 e. The van der Waals surface area contributed by atoms with Crippen molar-refractivity contribution in [2.45, 2.75) is 50.6 Å². The normalized spacial score (nSPS) is 22.9. The van der Waals surface area contributed by atoms with Crippen LogP contribution in [0.5, 0.6) is 11.5 Å². The summed E-state index contributed by atoms with van der Waals surface area (Å²) < 4.78 is 11.0. The molecule has 2 fully saturated rings. The number of nitrogens with two attached hydrogens (primary N) is 1. The van der Waals surface area contributed by atoms with E-state index >= 15 is 0 Å². The van der Waals surface area contributed by atoms with Crippen LogP contribution in [0, 0.1) is 0 Å². The van der Waals surface area contributed by atoms with Gasteiger partial charge in [-0.3, -0.25) is 0 Å². The third kappa shape index (κ3) is 3.74. The average Bonchev–Trinajstić information content (AvgIpc) is 3.23. The van der Waals surface area contributed by atoms with E-state index in [0.29, 0.717) is 23.6 Å². The number of nitrogens with zero attached hydrogens (tertiary/aromatic N) is 3. The fraction of sp³-hybridized carbons (Fsp3) is 0.600. The molecule has 1 aliphatic carbocycles. The van der Waals surface area contributed by atoms with Gasteiger partial charge in [-0.25, -0.2) is 4.98 Å². The lowest BCUT2D eigenvalue weighted by atomic mass is 9.92. The monoisotopic (exact) mass is 371 g/mol. The van der Waals surface area contributed by atoms with Crippen molar-refractivity contribution in [1.82, 2.24) is 9.97 Å². The van der Waals surface area contributed by atoms with E-state index in [1.165, 1.54) is 12.8 Å². The molecule has 1 aromatic carbocycles. The van der Waals surface area contributed by atoms with E-state index in [9.17, 15) is 0 Å².